The van der Waals surface area contributed by atoms with Crippen LogP contribution in [0, 0.1) is 6.92 Å². The second-order valence-electron chi connectivity index (χ2n) is 4.58. The molecule has 1 heterocycles. The van der Waals surface area contributed by atoms with Crippen molar-refractivity contribution >= 4 is 11.8 Å². The highest BCUT2D eigenvalue weighted by molar-refractivity contribution is 7.99. The zero-order chi connectivity index (χ0) is 12.3. The van der Waals surface area contributed by atoms with Gasteiger partial charge in [0, 0.05) is 23.1 Å². The largest absolute Gasteiger partial charge is 0.317 e. The minimum absolute atomic E-state index is 0.0547. The maximum atomic E-state index is 11.4. The first kappa shape index (κ1) is 12.6. The van der Waals surface area contributed by atoms with Crippen molar-refractivity contribution < 1.29 is 0 Å². The van der Waals surface area contributed by atoms with E-state index in [9.17, 15) is 4.79 Å². The summed E-state index contributed by atoms with van der Waals surface area (Å²) in [7, 11) is 2.02. The lowest BCUT2D eigenvalue weighted by atomic mass is 9.95. The summed E-state index contributed by atoms with van der Waals surface area (Å²) in [6.07, 6.45) is 4.86. The molecule has 5 heteroatoms. The van der Waals surface area contributed by atoms with E-state index in [0.717, 1.165) is 17.3 Å². The summed E-state index contributed by atoms with van der Waals surface area (Å²) in [4.78, 5) is 18.5. The van der Waals surface area contributed by atoms with E-state index >= 15 is 0 Å². The zero-order valence-electron chi connectivity index (χ0n) is 10.3. The van der Waals surface area contributed by atoms with Gasteiger partial charge in [0.2, 0.25) is 0 Å². The predicted molar refractivity (Wildman–Crippen MR) is 70.6 cm³/mol. The Morgan fingerprint density at radius 1 is 1.53 bits per heavy atom. The highest BCUT2D eigenvalue weighted by Gasteiger charge is 2.22. The van der Waals surface area contributed by atoms with E-state index < -0.39 is 0 Å². The van der Waals surface area contributed by atoms with Crippen molar-refractivity contribution in [2.24, 2.45) is 0 Å². The molecule has 0 aliphatic heterocycles. The molecule has 4 nitrogen and oxygen atoms in total. The fourth-order valence-electron chi connectivity index (χ4n) is 2.28. The lowest BCUT2D eigenvalue weighted by Gasteiger charge is -2.27. The number of aromatic nitrogens is 2. The molecule has 94 valence electrons. The first-order valence-electron chi connectivity index (χ1n) is 6.09. The Balaban J connectivity index is 2.02. The molecule has 0 spiro atoms. The molecule has 0 radical (unpaired) electrons. The SMILES string of the molecule is CNC1CCCC(Sc2nc(C)cc(=O)[nH]2)C1. The molecule has 1 aliphatic rings. The van der Waals surface area contributed by atoms with Crippen LogP contribution in [0.25, 0.3) is 0 Å². The van der Waals surface area contributed by atoms with Gasteiger partial charge in [-0.3, -0.25) is 4.79 Å². The van der Waals surface area contributed by atoms with E-state index in [4.69, 9.17) is 0 Å². The highest BCUT2D eigenvalue weighted by atomic mass is 32.2. The Labute approximate surface area is 106 Å². The number of rotatable bonds is 3. The van der Waals surface area contributed by atoms with Gasteiger partial charge in [0.05, 0.1) is 0 Å². The van der Waals surface area contributed by atoms with Crippen LogP contribution in [0.15, 0.2) is 16.0 Å². The molecule has 1 fully saturated rings. The van der Waals surface area contributed by atoms with Gasteiger partial charge in [-0.1, -0.05) is 18.2 Å². The van der Waals surface area contributed by atoms with Crippen LogP contribution in [0.2, 0.25) is 0 Å². The maximum absolute atomic E-state index is 11.4. The van der Waals surface area contributed by atoms with Crippen LogP contribution in [0.4, 0.5) is 0 Å². The van der Waals surface area contributed by atoms with Gasteiger partial charge in [0.25, 0.3) is 5.56 Å². The molecule has 2 atom stereocenters. The molecule has 1 saturated carbocycles. The summed E-state index contributed by atoms with van der Waals surface area (Å²) < 4.78 is 0. The molecule has 1 aliphatic carbocycles. The van der Waals surface area contributed by atoms with Crippen LogP contribution in [-0.4, -0.2) is 28.3 Å². The monoisotopic (exact) mass is 253 g/mol. The standard InChI is InChI=1S/C12H19N3OS/c1-8-6-11(16)15-12(14-8)17-10-5-3-4-9(7-10)13-2/h6,9-10,13H,3-5,7H2,1-2H3,(H,14,15,16). The van der Waals surface area contributed by atoms with Gasteiger partial charge in [-0.25, -0.2) is 4.98 Å². The summed E-state index contributed by atoms with van der Waals surface area (Å²) in [6, 6.07) is 2.14. The van der Waals surface area contributed by atoms with Crippen molar-refractivity contribution in [3.8, 4) is 0 Å². The van der Waals surface area contributed by atoms with Crippen molar-refractivity contribution in [3.63, 3.8) is 0 Å². The average molecular weight is 253 g/mol. The van der Waals surface area contributed by atoms with Gasteiger partial charge >= 0.3 is 0 Å². The van der Waals surface area contributed by atoms with Gasteiger partial charge in [-0.05, 0) is 33.2 Å². The number of nitrogens with one attached hydrogen (secondary N) is 2. The summed E-state index contributed by atoms with van der Waals surface area (Å²) >= 11 is 1.71. The van der Waals surface area contributed by atoms with E-state index in [1.165, 1.54) is 25.3 Å². The number of thioether (sulfide) groups is 1. The molecule has 0 amide bonds. The van der Waals surface area contributed by atoms with E-state index in [1.807, 2.05) is 14.0 Å². The number of hydrogen-bond acceptors (Lipinski definition) is 4. The fraction of sp³-hybridized carbons (Fsp3) is 0.667. The van der Waals surface area contributed by atoms with Crippen molar-refractivity contribution in [2.75, 3.05) is 7.05 Å². The molecule has 17 heavy (non-hydrogen) atoms. The minimum atomic E-state index is -0.0547. The van der Waals surface area contributed by atoms with Crippen LogP contribution < -0.4 is 10.9 Å². The highest BCUT2D eigenvalue weighted by Crippen LogP contribution is 2.31. The quantitative estimate of drug-likeness (QED) is 0.805. The molecule has 2 unspecified atom stereocenters. The van der Waals surface area contributed by atoms with Crippen molar-refractivity contribution in [1.29, 1.82) is 0 Å². The van der Waals surface area contributed by atoms with E-state index in [2.05, 4.69) is 15.3 Å². The van der Waals surface area contributed by atoms with Gasteiger partial charge in [0.1, 0.15) is 0 Å². The molecule has 2 rings (SSSR count). The third-order valence-corrected chi connectivity index (χ3v) is 4.34. The second kappa shape index (κ2) is 5.69. The van der Waals surface area contributed by atoms with Crippen molar-refractivity contribution in [2.45, 2.75) is 49.1 Å². The molecule has 0 bridgehead atoms. The number of aryl methyl sites for hydroxylation is 1. The van der Waals surface area contributed by atoms with Gasteiger partial charge in [0.15, 0.2) is 5.16 Å². The van der Waals surface area contributed by atoms with Crippen LogP contribution in [0.5, 0.6) is 0 Å². The molecule has 0 saturated heterocycles. The minimum Gasteiger partial charge on any atom is -0.317 e. The summed E-state index contributed by atoms with van der Waals surface area (Å²) in [6.45, 7) is 1.86. The third kappa shape index (κ3) is 3.57. The summed E-state index contributed by atoms with van der Waals surface area (Å²) in [5.74, 6) is 0. The van der Waals surface area contributed by atoms with Crippen LogP contribution >= 0.6 is 11.8 Å². The van der Waals surface area contributed by atoms with Gasteiger partial charge in [-0.2, -0.15) is 0 Å². The molecule has 2 N–H and O–H groups in total. The van der Waals surface area contributed by atoms with E-state index in [-0.39, 0.29) is 5.56 Å². The first-order valence-corrected chi connectivity index (χ1v) is 6.97. The molecular weight excluding hydrogens is 234 g/mol. The van der Waals surface area contributed by atoms with Crippen LogP contribution in [0.1, 0.15) is 31.4 Å². The number of hydrogen-bond donors (Lipinski definition) is 2. The summed E-state index contributed by atoms with van der Waals surface area (Å²) in [5.41, 5.74) is 0.734. The lowest BCUT2D eigenvalue weighted by Crippen LogP contribution is -2.32. The fourth-order valence-corrected chi connectivity index (χ4v) is 3.56. The van der Waals surface area contributed by atoms with Gasteiger partial charge < -0.3 is 10.3 Å². The van der Waals surface area contributed by atoms with Crippen molar-refractivity contribution in [1.82, 2.24) is 15.3 Å². The Kier molecular flexibility index (Phi) is 4.23. The van der Waals surface area contributed by atoms with Crippen molar-refractivity contribution in [3.05, 3.63) is 22.1 Å². The Morgan fingerprint density at radius 3 is 3.06 bits per heavy atom. The maximum Gasteiger partial charge on any atom is 0.251 e. The number of nitrogens with zero attached hydrogens (tertiary/aromatic N) is 1. The summed E-state index contributed by atoms with van der Waals surface area (Å²) in [5, 5.41) is 4.66. The number of H-pyrrole nitrogens is 1. The van der Waals surface area contributed by atoms with Crippen LogP contribution in [-0.2, 0) is 0 Å². The predicted octanol–water partition coefficient (Wildman–Crippen LogP) is 1.70. The normalized spacial score (nSPS) is 24.8. The van der Waals surface area contributed by atoms with E-state index in [1.54, 1.807) is 11.8 Å². The Morgan fingerprint density at radius 2 is 2.35 bits per heavy atom. The van der Waals surface area contributed by atoms with E-state index in [0.29, 0.717) is 11.3 Å². The zero-order valence-corrected chi connectivity index (χ0v) is 11.1. The molecule has 1 aromatic rings. The first-order chi connectivity index (χ1) is 8.17. The Hall–Kier alpha value is -0.810. The third-order valence-electron chi connectivity index (χ3n) is 3.16. The molecule has 1 aromatic heterocycles. The topological polar surface area (TPSA) is 57.8 Å². The number of aromatic amines is 1. The second-order valence-corrected chi connectivity index (χ2v) is 5.87. The van der Waals surface area contributed by atoms with Crippen LogP contribution in [0.3, 0.4) is 0 Å². The molecular formula is C12H19N3OS. The van der Waals surface area contributed by atoms with Gasteiger partial charge in [-0.15, -0.1) is 0 Å². The Bertz CT molecular complexity index is 432. The lowest BCUT2D eigenvalue weighted by molar-refractivity contribution is 0.402. The average Bonchev–Trinajstić information content (AvgIpc) is 2.28. The smallest absolute Gasteiger partial charge is 0.251 e. The molecule has 0 aromatic carbocycles.